The molecule has 0 spiro atoms. The number of hydrogen-bond donors (Lipinski definition) is 2. The molecule has 1 rings (SSSR count). The van der Waals surface area contributed by atoms with E-state index in [4.69, 9.17) is 10.5 Å². The fourth-order valence-electron chi connectivity index (χ4n) is 1.42. The van der Waals surface area contributed by atoms with Crippen molar-refractivity contribution >= 4 is 0 Å². The Balaban J connectivity index is 2.04. The van der Waals surface area contributed by atoms with E-state index in [0.717, 1.165) is 25.6 Å². The van der Waals surface area contributed by atoms with Gasteiger partial charge < -0.3 is 15.8 Å². The average molecular weight is 172 g/mol. The van der Waals surface area contributed by atoms with Crippen LogP contribution in [0.15, 0.2) is 0 Å². The predicted molar refractivity (Wildman–Crippen MR) is 50.1 cm³/mol. The maximum Gasteiger partial charge on any atom is 0.0587 e. The van der Waals surface area contributed by atoms with Gasteiger partial charge in [-0.15, -0.1) is 0 Å². The van der Waals surface area contributed by atoms with E-state index in [1.807, 2.05) is 0 Å². The van der Waals surface area contributed by atoms with Gasteiger partial charge in [0.05, 0.1) is 6.61 Å². The molecule has 1 unspecified atom stereocenters. The Morgan fingerprint density at radius 2 is 2.25 bits per heavy atom. The van der Waals surface area contributed by atoms with Crippen LogP contribution < -0.4 is 11.1 Å². The normalized spacial score (nSPS) is 22.2. The van der Waals surface area contributed by atoms with Crippen LogP contribution in [0.3, 0.4) is 0 Å². The molecule has 1 saturated carbocycles. The molecule has 3 N–H and O–H groups in total. The van der Waals surface area contributed by atoms with Crippen molar-refractivity contribution in [3.05, 3.63) is 0 Å². The van der Waals surface area contributed by atoms with Crippen molar-refractivity contribution in [1.29, 1.82) is 0 Å². The average Bonchev–Trinajstić information content (AvgIpc) is 2.80. The molecule has 0 aromatic heterocycles. The van der Waals surface area contributed by atoms with Crippen LogP contribution >= 0.6 is 0 Å². The first kappa shape index (κ1) is 9.96. The van der Waals surface area contributed by atoms with Gasteiger partial charge in [0, 0.05) is 25.7 Å². The second-order valence-corrected chi connectivity index (χ2v) is 3.95. The molecular formula is C9H20N2O. The number of nitrogens with one attached hydrogen (secondary N) is 1. The maximum absolute atomic E-state index is 6.10. The number of rotatable bonds is 6. The van der Waals surface area contributed by atoms with Crippen LogP contribution in [0.2, 0.25) is 0 Å². The van der Waals surface area contributed by atoms with Gasteiger partial charge in [-0.05, 0) is 25.7 Å². The predicted octanol–water partition coefficient (Wildman–Crippen LogP) is 0.350. The Morgan fingerprint density at radius 3 is 2.75 bits per heavy atom. The molecular weight excluding hydrogens is 152 g/mol. The molecule has 0 bridgehead atoms. The van der Waals surface area contributed by atoms with E-state index < -0.39 is 0 Å². The molecule has 3 nitrogen and oxygen atoms in total. The van der Waals surface area contributed by atoms with Crippen LogP contribution in [0.1, 0.15) is 19.8 Å². The van der Waals surface area contributed by atoms with E-state index in [0.29, 0.717) is 0 Å². The van der Waals surface area contributed by atoms with Crippen molar-refractivity contribution in [2.24, 2.45) is 11.7 Å². The molecule has 12 heavy (non-hydrogen) atoms. The van der Waals surface area contributed by atoms with Crippen molar-refractivity contribution in [3.8, 4) is 0 Å². The highest BCUT2D eigenvalue weighted by Gasteiger charge is 2.37. The molecule has 3 heteroatoms. The summed E-state index contributed by atoms with van der Waals surface area (Å²) in [6, 6.07) is 0. The summed E-state index contributed by atoms with van der Waals surface area (Å²) in [7, 11) is 1.71. The zero-order chi connectivity index (χ0) is 9.03. The molecule has 0 radical (unpaired) electrons. The lowest BCUT2D eigenvalue weighted by Gasteiger charge is -2.24. The number of ether oxygens (including phenoxy) is 1. The highest BCUT2D eigenvalue weighted by Crippen LogP contribution is 2.37. The second kappa shape index (κ2) is 4.21. The Labute approximate surface area is 74.7 Å². The third-order valence-corrected chi connectivity index (χ3v) is 2.50. The molecule has 0 amide bonds. The van der Waals surface area contributed by atoms with E-state index in [1.165, 1.54) is 12.8 Å². The van der Waals surface area contributed by atoms with Crippen molar-refractivity contribution in [3.63, 3.8) is 0 Å². The van der Waals surface area contributed by atoms with Gasteiger partial charge in [0.2, 0.25) is 0 Å². The van der Waals surface area contributed by atoms with Gasteiger partial charge in [-0.3, -0.25) is 0 Å². The fourth-order valence-corrected chi connectivity index (χ4v) is 1.42. The van der Waals surface area contributed by atoms with Crippen molar-refractivity contribution < 1.29 is 4.74 Å². The van der Waals surface area contributed by atoms with Crippen LogP contribution in [-0.2, 0) is 4.74 Å². The minimum Gasteiger partial charge on any atom is -0.383 e. The standard InChI is InChI=1S/C9H20N2O/c1-9(10,8-3-4-8)7-11-5-6-12-2/h8,11H,3-7,10H2,1-2H3. The molecule has 1 fully saturated rings. The first-order chi connectivity index (χ1) is 5.67. The topological polar surface area (TPSA) is 47.3 Å². The molecule has 0 aromatic rings. The minimum atomic E-state index is -0.00621. The minimum absolute atomic E-state index is 0.00621. The molecule has 1 aliphatic carbocycles. The molecule has 0 aliphatic heterocycles. The van der Waals surface area contributed by atoms with E-state index >= 15 is 0 Å². The lowest BCUT2D eigenvalue weighted by atomic mass is 9.97. The summed E-state index contributed by atoms with van der Waals surface area (Å²) in [4.78, 5) is 0. The van der Waals surface area contributed by atoms with Crippen molar-refractivity contribution in [1.82, 2.24) is 5.32 Å². The molecule has 0 aromatic carbocycles. The van der Waals surface area contributed by atoms with Crippen LogP contribution in [-0.4, -0.2) is 32.3 Å². The summed E-state index contributed by atoms with van der Waals surface area (Å²) in [6.07, 6.45) is 2.61. The summed E-state index contributed by atoms with van der Waals surface area (Å²) >= 11 is 0. The van der Waals surface area contributed by atoms with Gasteiger partial charge in [-0.1, -0.05) is 0 Å². The van der Waals surface area contributed by atoms with Gasteiger partial charge in [-0.2, -0.15) is 0 Å². The zero-order valence-electron chi connectivity index (χ0n) is 8.10. The van der Waals surface area contributed by atoms with Crippen molar-refractivity contribution in [2.45, 2.75) is 25.3 Å². The zero-order valence-corrected chi connectivity index (χ0v) is 8.10. The van der Waals surface area contributed by atoms with Gasteiger partial charge in [0.1, 0.15) is 0 Å². The number of methoxy groups -OCH3 is 1. The van der Waals surface area contributed by atoms with Crippen LogP contribution in [0, 0.1) is 5.92 Å². The largest absolute Gasteiger partial charge is 0.383 e. The molecule has 0 saturated heterocycles. The quantitative estimate of drug-likeness (QED) is 0.568. The SMILES string of the molecule is COCCNCC(C)(N)C1CC1. The van der Waals surface area contributed by atoms with E-state index in [2.05, 4.69) is 12.2 Å². The monoisotopic (exact) mass is 172 g/mol. The van der Waals surface area contributed by atoms with E-state index in [9.17, 15) is 0 Å². The maximum atomic E-state index is 6.10. The summed E-state index contributed by atoms with van der Waals surface area (Å²) in [6.45, 7) is 4.70. The first-order valence-corrected chi connectivity index (χ1v) is 4.65. The Hall–Kier alpha value is -0.120. The smallest absolute Gasteiger partial charge is 0.0587 e. The Bertz CT molecular complexity index is 132. The summed E-state index contributed by atoms with van der Waals surface area (Å²) in [5, 5.41) is 3.30. The highest BCUT2D eigenvalue weighted by atomic mass is 16.5. The second-order valence-electron chi connectivity index (χ2n) is 3.95. The molecule has 0 heterocycles. The van der Waals surface area contributed by atoms with Crippen LogP contribution in [0.4, 0.5) is 0 Å². The lowest BCUT2D eigenvalue weighted by molar-refractivity contribution is 0.196. The Kier molecular flexibility index (Phi) is 3.50. The third-order valence-electron chi connectivity index (χ3n) is 2.50. The van der Waals surface area contributed by atoms with Gasteiger partial charge >= 0.3 is 0 Å². The van der Waals surface area contributed by atoms with Crippen molar-refractivity contribution in [2.75, 3.05) is 26.8 Å². The molecule has 1 atom stereocenters. The van der Waals surface area contributed by atoms with Gasteiger partial charge in [-0.25, -0.2) is 0 Å². The Morgan fingerprint density at radius 1 is 1.58 bits per heavy atom. The van der Waals surface area contributed by atoms with Crippen LogP contribution in [0.25, 0.3) is 0 Å². The van der Waals surface area contributed by atoms with Gasteiger partial charge in [0.25, 0.3) is 0 Å². The van der Waals surface area contributed by atoms with Gasteiger partial charge in [0.15, 0.2) is 0 Å². The third kappa shape index (κ3) is 3.09. The number of nitrogens with two attached hydrogens (primary N) is 1. The summed E-state index contributed by atoms with van der Waals surface area (Å²) in [5.41, 5.74) is 6.09. The van der Waals surface area contributed by atoms with Crippen LogP contribution in [0.5, 0.6) is 0 Å². The number of hydrogen-bond acceptors (Lipinski definition) is 3. The van der Waals surface area contributed by atoms with E-state index in [-0.39, 0.29) is 5.54 Å². The lowest BCUT2D eigenvalue weighted by Crippen LogP contribution is -2.48. The highest BCUT2D eigenvalue weighted by molar-refractivity contribution is 4.96. The molecule has 72 valence electrons. The van der Waals surface area contributed by atoms with E-state index in [1.54, 1.807) is 7.11 Å². The summed E-state index contributed by atoms with van der Waals surface area (Å²) < 4.78 is 4.93. The fraction of sp³-hybridized carbons (Fsp3) is 1.00. The first-order valence-electron chi connectivity index (χ1n) is 4.65. The molecule has 1 aliphatic rings. The summed E-state index contributed by atoms with van der Waals surface area (Å²) in [5.74, 6) is 0.743.